The van der Waals surface area contributed by atoms with Crippen molar-refractivity contribution in [2.45, 2.75) is 19.3 Å². The zero-order valence-corrected chi connectivity index (χ0v) is 68.4. The SMILES string of the molecule is CC1(C)c2ccccc2-c2ccc(-n3c4ccc(-c5ccccc5)cc4c4c(-c5cccc(-c6nc(-c7ccccc7)nc(-c7ccccc7)n6)c5)cccc43)cc21.c1ccc(-c2ccc3c(c2)c2c(-c4cccc(-c5nc(-c6ccccc6)nc(-c6ccccc6)n5)c4)cccc2n3-c2cccc(-c3nc(-c4ccccc4)nc(-c4ccccc4)n3)c2)cc1. The van der Waals surface area contributed by atoms with Crippen molar-refractivity contribution in [2.24, 2.45) is 0 Å². The Morgan fingerprint density at radius 2 is 0.440 bits per heavy atom. The highest BCUT2D eigenvalue weighted by Gasteiger charge is 2.36. The molecule has 0 atom stereocenters. The van der Waals surface area contributed by atoms with E-state index in [1.807, 2.05) is 182 Å². The first-order chi connectivity index (χ1) is 61.7. The van der Waals surface area contributed by atoms with Crippen molar-refractivity contribution >= 4 is 43.6 Å². The molecule has 1 aliphatic carbocycles. The lowest BCUT2D eigenvalue weighted by Crippen LogP contribution is -2.15. The number of hydrogen-bond donors (Lipinski definition) is 0. The van der Waals surface area contributed by atoms with Gasteiger partial charge >= 0.3 is 0 Å². The van der Waals surface area contributed by atoms with Crippen molar-refractivity contribution in [3.8, 4) is 169 Å². The molecule has 5 aromatic heterocycles. The van der Waals surface area contributed by atoms with E-state index in [1.54, 1.807) is 0 Å². The van der Waals surface area contributed by atoms with Crippen LogP contribution in [0.4, 0.5) is 0 Å². The van der Waals surface area contributed by atoms with Crippen LogP contribution in [0.2, 0.25) is 0 Å². The number of hydrogen-bond acceptors (Lipinski definition) is 9. The summed E-state index contributed by atoms with van der Waals surface area (Å²) in [6.45, 7) is 4.70. The molecule has 0 N–H and O–H groups in total. The van der Waals surface area contributed by atoms with Gasteiger partial charge in [0.15, 0.2) is 52.4 Å². The van der Waals surface area contributed by atoms with Gasteiger partial charge in [-0.1, -0.05) is 372 Å². The second-order valence-electron chi connectivity index (χ2n) is 32.0. The van der Waals surface area contributed by atoms with E-state index < -0.39 is 0 Å². The highest BCUT2D eigenvalue weighted by Crippen LogP contribution is 2.51. The molecule has 0 fully saturated rings. The van der Waals surface area contributed by atoms with Crippen LogP contribution >= 0.6 is 0 Å². The van der Waals surface area contributed by atoms with Crippen LogP contribution in [0.1, 0.15) is 25.0 Å². The predicted molar refractivity (Wildman–Crippen MR) is 510 cm³/mol. The van der Waals surface area contributed by atoms with Gasteiger partial charge < -0.3 is 9.13 Å². The standard InChI is InChI=1S/C60H39N7.C54H38N4/c1-6-19-40(20-7-1)45-35-36-52-51(39-45)54-50(46-29-16-30-47(37-46)59-63-55(41-21-8-2-9-22-41)61-56(64-59)42-23-10-3-11-24-42)33-18-34-53(54)67(52)49-32-17-31-48(38-49)60-65-57(43-25-12-4-13-26-43)62-58(66-60)44-27-14-5-15-28-44;1-54(2)46-26-13-12-24-43(46)44-30-29-41(34-47(44)54)58-48-31-28-38(35-16-6-3-7-17-35)33-45(48)50-42(25-15-27-49(50)58)39-22-14-23-40(32-39)53-56-51(36-18-8-4-9-19-36)55-52(57-53)37-20-10-5-11-21-37/h1-39H;3-34H,1-2H3. The van der Waals surface area contributed by atoms with Crippen molar-refractivity contribution < 1.29 is 0 Å². The molecule has 588 valence electrons. The lowest BCUT2D eigenvalue weighted by molar-refractivity contribution is 0.660. The largest absolute Gasteiger partial charge is 0.309 e. The fourth-order valence-electron chi connectivity index (χ4n) is 17.9. The van der Waals surface area contributed by atoms with Gasteiger partial charge in [-0.15, -0.1) is 0 Å². The molecule has 0 amide bonds. The minimum Gasteiger partial charge on any atom is -0.309 e. The molecule has 0 saturated heterocycles. The van der Waals surface area contributed by atoms with E-state index in [4.69, 9.17) is 44.9 Å². The Labute approximate surface area is 723 Å². The summed E-state index contributed by atoms with van der Waals surface area (Å²) in [7, 11) is 0. The third kappa shape index (κ3) is 14.0. The van der Waals surface area contributed by atoms with E-state index in [0.29, 0.717) is 52.4 Å². The molecule has 5 heterocycles. The molecule has 0 spiro atoms. The molecule has 0 radical (unpaired) electrons. The third-order valence-corrected chi connectivity index (χ3v) is 23.9. The normalized spacial score (nSPS) is 12.0. The zero-order valence-electron chi connectivity index (χ0n) is 68.4. The summed E-state index contributed by atoms with van der Waals surface area (Å²) in [5.74, 6) is 5.63. The summed E-state index contributed by atoms with van der Waals surface area (Å²) < 4.78 is 4.81. The molecule has 0 aliphatic heterocycles. The Balaban J connectivity index is 0.000000150. The summed E-state index contributed by atoms with van der Waals surface area (Å²) in [6.07, 6.45) is 0. The molecule has 17 aromatic carbocycles. The van der Waals surface area contributed by atoms with Gasteiger partial charge in [-0.05, 0) is 140 Å². The number of aromatic nitrogens is 11. The lowest BCUT2D eigenvalue weighted by Gasteiger charge is -2.22. The molecule has 23 rings (SSSR count). The molecule has 11 nitrogen and oxygen atoms in total. The molecular weight excluding hydrogens is 1520 g/mol. The van der Waals surface area contributed by atoms with Gasteiger partial charge in [-0.2, -0.15) is 0 Å². The predicted octanol–water partition coefficient (Wildman–Crippen LogP) is 28.1. The molecule has 1 aliphatic rings. The summed E-state index contributed by atoms with van der Waals surface area (Å²) in [4.78, 5) is 45.3. The van der Waals surface area contributed by atoms with E-state index in [-0.39, 0.29) is 5.41 Å². The first-order valence-electron chi connectivity index (χ1n) is 42.1. The minimum atomic E-state index is -0.109. The van der Waals surface area contributed by atoms with Gasteiger partial charge in [-0.3, -0.25) is 0 Å². The van der Waals surface area contributed by atoms with Gasteiger partial charge in [0.05, 0.1) is 22.1 Å². The van der Waals surface area contributed by atoms with Crippen molar-refractivity contribution in [3.63, 3.8) is 0 Å². The quantitative estimate of drug-likeness (QED) is 0.0986. The second-order valence-corrected chi connectivity index (χ2v) is 32.0. The van der Waals surface area contributed by atoms with Crippen molar-refractivity contribution in [3.05, 3.63) is 442 Å². The van der Waals surface area contributed by atoms with Crippen LogP contribution in [0.5, 0.6) is 0 Å². The van der Waals surface area contributed by atoms with Crippen LogP contribution in [0, 0.1) is 0 Å². The summed E-state index contributed by atoms with van der Waals surface area (Å²) >= 11 is 0. The van der Waals surface area contributed by atoms with Crippen molar-refractivity contribution in [1.82, 2.24) is 54.0 Å². The maximum absolute atomic E-state index is 5.08. The average molecular weight is 1600 g/mol. The lowest BCUT2D eigenvalue weighted by atomic mass is 9.82. The summed E-state index contributed by atoms with van der Waals surface area (Å²) in [5, 5.41) is 4.69. The van der Waals surface area contributed by atoms with E-state index in [9.17, 15) is 0 Å². The van der Waals surface area contributed by atoms with Gasteiger partial charge in [0.2, 0.25) is 0 Å². The number of benzene rings is 17. The van der Waals surface area contributed by atoms with E-state index in [0.717, 1.165) is 122 Å². The van der Waals surface area contributed by atoms with Crippen LogP contribution in [-0.2, 0) is 5.41 Å². The molecule has 0 saturated carbocycles. The molecule has 11 heteroatoms. The van der Waals surface area contributed by atoms with Gasteiger partial charge in [0.1, 0.15) is 0 Å². The minimum absolute atomic E-state index is 0.109. The molecule has 0 unspecified atom stereocenters. The molecule has 125 heavy (non-hydrogen) atoms. The monoisotopic (exact) mass is 1600 g/mol. The molecule has 22 aromatic rings. The number of rotatable bonds is 15. The van der Waals surface area contributed by atoms with Crippen LogP contribution < -0.4 is 0 Å². The Morgan fingerprint density at radius 3 is 0.808 bits per heavy atom. The molecular formula is C114H77N11. The zero-order chi connectivity index (χ0) is 83.3. The van der Waals surface area contributed by atoms with Gasteiger partial charge in [-0.25, -0.2) is 44.9 Å². The number of nitrogens with zero attached hydrogens (tertiary/aromatic N) is 11. The Kier molecular flexibility index (Phi) is 19.0. The topological polar surface area (TPSA) is 126 Å². The van der Waals surface area contributed by atoms with Gasteiger partial charge in [0.25, 0.3) is 0 Å². The fourth-order valence-corrected chi connectivity index (χ4v) is 17.9. The Bertz CT molecular complexity index is 7660. The highest BCUT2D eigenvalue weighted by molar-refractivity contribution is 6.18. The van der Waals surface area contributed by atoms with Crippen LogP contribution in [0.15, 0.2) is 431 Å². The smallest absolute Gasteiger partial charge is 0.164 e. The fraction of sp³-hybridized carbons (Fsp3) is 0.0263. The maximum atomic E-state index is 5.08. The summed E-state index contributed by atoms with van der Waals surface area (Å²) in [5.41, 5.74) is 29.3. The van der Waals surface area contributed by atoms with Crippen LogP contribution in [0.25, 0.3) is 213 Å². The second kappa shape index (κ2) is 31.8. The van der Waals surface area contributed by atoms with E-state index in [2.05, 4.69) is 272 Å². The first kappa shape index (κ1) is 74.6. The molecule has 0 bridgehead atoms. The first-order valence-corrected chi connectivity index (χ1v) is 42.1. The van der Waals surface area contributed by atoms with Crippen molar-refractivity contribution in [2.75, 3.05) is 0 Å². The van der Waals surface area contributed by atoms with Crippen LogP contribution in [0.3, 0.4) is 0 Å². The number of fused-ring (bicyclic) bond motifs is 9. The van der Waals surface area contributed by atoms with E-state index >= 15 is 0 Å². The Morgan fingerprint density at radius 1 is 0.168 bits per heavy atom. The highest BCUT2D eigenvalue weighted by atomic mass is 15.1. The Hall–Kier alpha value is -16.6. The van der Waals surface area contributed by atoms with E-state index in [1.165, 1.54) is 49.7 Å². The van der Waals surface area contributed by atoms with Crippen molar-refractivity contribution in [1.29, 1.82) is 0 Å². The maximum Gasteiger partial charge on any atom is 0.164 e. The van der Waals surface area contributed by atoms with Crippen LogP contribution in [-0.4, -0.2) is 54.0 Å². The summed E-state index contributed by atoms with van der Waals surface area (Å²) in [6, 6.07) is 150. The van der Waals surface area contributed by atoms with Gasteiger partial charge in [0, 0.05) is 88.4 Å². The average Bonchev–Trinajstić information content (AvgIpc) is 1.57. The third-order valence-electron chi connectivity index (χ3n) is 23.9.